The summed E-state index contributed by atoms with van der Waals surface area (Å²) in [5.41, 5.74) is 0.690. The third-order valence-corrected chi connectivity index (χ3v) is 6.23. The number of fused-ring (bicyclic) bond motifs is 1. The summed E-state index contributed by atoms with van der Waals surface area (Å²) >= 11 is 12.1. The Morgan fingerprint density at radius 2 is 1.85 bits per heavy atom. The van der Waals surface area contributed by atoms with E-state index in [0.717, 1.165) is 37.8 Å². The number of aromatic amines is 1. The van der Waals surface area contributed by atoms with Crippen LogP contribution in [0.25, 0.3) is 11.2 Å². The number of aromatic nitrogens is 3. The summed E-state index contributed by atoms with van der Waals surface area (Å²) < 4.78 is 44.2. The molecular weight excluding hydrogens is 494 g/mol. The van der Waals surface area contributed by atoms with Crippen LogP contribution in [0.5, 0.6) is 5.88 Å². The molecule has 1 fully saturated rings. The Balaban J connectivity index is 1.63. The second-order valence-electron chi connectivity index (χ2n) is 8.30. The maximum atomic E-state index is 13.5. The van der Waals surface area contributed by atoms with Gasteiger partial charge in [-0.25, -0.2) is 13.2 Å². The number of anilines is 2. The lowest BCUT2D eigenvalue weighted by atomic mass is 9.87. The molecular formula is C22H22Cl2F3N5O2. The summed E-state index contributed by atoms with van der Waals surface area (Å²) in [6.07, 6.45) is 0.940. The van der Waals surface area contributed by atoms with Crippen molar-refractivity contribution in [3.63, 3.8) is 0 Å². The first-order valence-corrected chi connectivity index (χ1v) is 11.5. The Morgan fingerprint density at radius 1 is 1.18 bits per heavy atom. The molecule has 1 amide bonds. The standard InChI is InChI=1S/C22H22Cl2F3N5O2/c1-10-2-4-12(5-3-10)28-20(33)13-8-16-19(31-21(13)34-9-17(26)27)32-22(29-16)30-18-14(23)6-11(25)7-15(18)24/h6-8,10,12,17H,2-5,9H2,1H3,(H,28,33)(H2,29,30,31,32). The fraction of sp³-hybridized carbons (Fsp3) is 0.409. The first-order chi connectivity index (χ1) is 16.2. The molecule has 1 aromatic carbocycles. The molecule has 0 saturated heterocycles. The number of ether oxygens (including phenoxy) is 1. The molecule has 0 aliphatic heterocycles. The first-order valence-electron chi connectivity index (χ1n) is 10.7. The van der Waals surface area contributed by atoms with E-state index in [1.807, 2.05) is 0 Å². The Morgan fingerprint density at radius 3 is 2.50 bits per heavy atom. The number of rotatable bonds is 7. The molecule has 0 atom stereocenters. The average Bonchev–Trinajstić information content (AvgIpc) is 3.17. The zero-order chi connectivity index (χ0) is 24.4. The highest BCUT2D eigenvalue weighted by atomic mass is 35.5. The van der Waals surface area contributed by atoms with Gasteiger partial charge in [-0.05, 0) is 49.8 Å². The van der Waals surface area contributed by atoms with E-state index in [1.165, 1.54) is 6.07 Å². The molecule has 1 saturated carbocycles. The third kappa shape index (κ3) is 5.67. The number of halogens is 5. The summed E-state index contributed by atoms with van der Waals surface area (Å²) in [7, 11) is 0. The van der Waals surface area contributed by atoms with Crippen LogP contribution >= 0.6 is 23.2 Å². The molecule has 3 N–H and O–H groups in total. The van der Waals surface area contributed by atoms with Crippen molar-refractivity contribution < 1.29 is 22.7 Å². The minimum absolute atomic E-state index is 0.0101. The summed E-state index contributed by atoms with van der Waals surface area (Å²) in [5, 5.41) is 5.85. The van der Waals surface area contributed by atoms with E-state index in [4.69, 9.17) is 27.9 Å². The van der Waals surface area contributed by atoms with E-state index in [2.05, 4.69) is 32.5 Å². The number of alkyl halides is 2. The highest BCUT2D eigenvalue weighted by Crippen LogP contribution is 2.34. The number of imidazole rings is 1. The Bertz CT molecular complexity index is 1180. The van der Waals surface area contributed by atoms with Crippen LogP contribution in [0.1, 0.15) is 43.0 Å². The van der Waals surface area contributed by atoms with Gasteiger partial charge in [-0.15, -0.1) is 0 Å². The number of carbonyl (C=O) groups is 1. The van der Waals surface area contributed by atoms with Crippen molar-refractivity contribution in [1.29, 1.82) is 0 Å². The number of H-pyrrole nitrogens is 1. The van der Waals surface area contributed by atoms with Crippen LogP contribution in [0, 0.1) is 11.7 Å². The quantitative estimate of drug-likeness (QED) is 0.353. The maximum Gasteiger partial charge on any atom is 0.272 e. The Kier molecular flexibility index (Phi) is 7.37. The normalized spacial score (nSPS) is 18.3. The number of amides is 1. The zero-order valence-electron chi connectivity index (χ0n) is 18.1. The number of hydrogen-bond donors (Lipinski definition) is 3. The average molecular weight is 516 g/mol. The van der Waals surface area contributed by atoms with Crippen molar-refractivity contribution in [3.8, 4) is 5.88 Å². The van der Waals surface area contributed by atoms with Crippen LogP contribution < -0.4 is 15.4 Å². The monoisotopic (exact) mass is 515 g/mol. The zero-order valence-corrected chi connectivity index (χ0v) is 19.6. The Hall–Kier alpha value is -2.72. The van der Waals surface area contributed by atoms with Gasteiger partial charge in [-0.2, -0.15) is 9.97 Å². The number of nitrogens with one attached hydrogen (secondary N) is 3. The fourth-order valence-corrected chi connectivity index (χ4v) is 4.40. The van der Waals surface area contributed by atoms with Gasteiger partial charge in [0.15, 0.2) is 12.3 Å². The lowest BCUT2D eigenvalue weighted by Crippen LogP contribution is -2.37. The van der Waals surface area contributed by atoms with Crippen LogP contribution in [-0.2, 0) is 0 Å². The molecule has 34 heavy (non-hydrogen) atoms. The number of carbonyl (C=O) groups excluding carboxylic acids is 1. The van der Waals surface area contributed by atoms with Crippen molar-refractivity contribution in [3.05, 3.63) is 39.6 Å². The molecule has 3 aromatic rings. The predicted octanol–water partition coefficient (Wildman–Crippen LogP) is 6.10. The van der Waals surface area contributed by atoms with Crippen LogP contribution in [0.4, 0.5) is 24.8 Å². The van der Waals surface area contributed by atoms with E-state index < -0.39 is 24.8 Å². The molecule has 0 unspecified atom stereocenters. The lowest BCUT2D eigenvalue weighted by Gasteiger charge is -2.27. The number of pyridine rings is 1. The van der Waals surface area contributed by atoms with Gasteiger partial charge < -0.3 is 20.4 Å². The van der Waals surface area contributed by atoms with Gasteiger partial charge in [0.25, 0.3) is 12.3 Å². The molecule has 0 bridgehead atoms. The lowest BCUT2D eigenvalue weighted by molar-refractivity contribution is 0.0770. The van der Waals surface area contributed by atoms with Crippen LogP contribution in [0.15, 0.2) is 18.2 Å². The van der Waals surface area contributed by atoms with E-state index in [0.29, 0.717) is 11.4 Å². The highest BCUT2D eigenvalue weighted by molar-refractivity contribution is 6.39. The van der Waals surface area contributed by atoms with Crippen molar-refractivity contribution in [2.75, 3.05) is 11.9 Å². The van der Waals surface area contributed by atoms with Gasteiger partial charge in [0.2, 0.25) is 11.8 Å². The first kappa shape index (κ1) is 24.4. The summed E-state index contributed by atoms with van der Waals surface area (Å²) in [4.78, 5) is 24.3. The molecule has 2 aromatic heterocycles. The largest absolute Gasteiger partial charge is 0.471 e. The molecule has 2 heterocycles. The molecule has 0 spiro atoms. The fourth-order valence-electron chi connectivity index (χ4n) is 3.85. The van der Waals surface area contributed by atoms with Crippen molar-refractivity contribution in [2.24, 2.45) is 5.92 Å². The molecule has 4 rings (SSSR count). The van der Waals surface area contributed by atoms with Gasteiger partial charge >= 0.3 is 0 Å². The molecule has 0 radical (unpaired) electrons. The van der Waals surface area contributed by atoms with Gasteiger partial charge in [0, 0.05) is 6.04 Å². The van der Waals surface area contributed by atoms with E-state index in [-0.39, 0.29) is 44.8 Å². The second-order valence-corrected chi connectivity index (χ2v) is 9.11. The minimum Gasteiger partial charge on any atom is -0.471 e. The molecule has 1 aliphatic rings. The van der Waals surface area contributed by atoms with Gasteiger partial charge in [-0.3, -0.25) is 4.79 Å². The van der Waals surface area contributed by atoms with Crippen LogP contribution in [0.2, 0.25) is 10.0 Å². The summed E-state index contributed by atoms with van der Waals surface area (Å²) in [6, 6.07) is 3.60. The summed E-state index contributed by atoms with van der Waals surface area (Å²) in [5.74, 6) is -0.556. The third-order valence-electron chi connectivity index (χ3n) is 5.63. The SMILES string of the molecule is CC1CCC(NC(=O)c2cc3[nH]c(Nc4c(Cl)cc(F)cc4Cl)nc3nc2OCC(F)F)CC1. The minimum atomic E-state index is -2.74. The number of hydrogen-bond acceptors (Lipinski definition) is 5. The molecule has 7 nitrogen and oxygen atoms in total. The van der Waals surface area contributed by atoms with E-state index in [9.17, 15) is 18.0 Å². The van der Waals surface area contributed by atoms with Gasteiger partial charge in [0.05, 0.1) is 21.2 Å². The van der Waals surface area contributed by atoms with E-state index in [1.54, 1.807) is 0 Å². The topological polar surface area (TPSA) is 91.9 Å². The molecule has 1 aliphatic carbocycles. The smallest absolute Gasteiger partial charge is 0.272 e. The number of nitrogens with zero attached hydrogens (tertiary/aromatic N) is 2. The Labute approximate surface area is 203 Å². The van der Waals surface area contributed by atoms with Crippen molar-refractivity contribution in [2.45, 2.75) is 45.1 Å². The summed E-state index contributed by atoms with van der Waals surface area (Å²) in [6.45, 7) is 1.25. The van der Waals surface area contributed by atoms with Crippen LogP contribution in [-0.4, -0.2) is 39.9 Å². The highest BCUT2D eigenvalue weighted by Gasteiger charge is 2.24. The second kappa shape index (κ2) is 10.3. The predicted molar refractivity (Wildman–Crippen MR) is 124 cm³/mol. The molecule has 182 valence electrons. The molecule has 12 heteroatoms. The van der Waals surface area contributed by atoms with E-state index >= 15 is 0 Å². The van der Waals surface area contributed by atoms with Crippen molar-refractivity contribution >= 4 is 51.9 Å². The maximum absolute atomic E-state index is 13.5. The van der Waals surface area contributed by atoms with Gasteiger partial charge in [0.1, 0.15) is 11.4 Å². The van der Waals surface area contributed by atoms with Gasteiger partial charge in [-0.1, -0.05) is 30.1 Å². The van der Waals surface area contributed by atoms with Crippen LogP contribution in [0.3, 0.4) is 0 Å². The van der Waals surface area contributed by atoms with Crippen molar-refractivity contribution in [1.82, 2.24) is 20.3 Å². The number of benzene rings is 1.